The predicted octanol–water partition coefficient (Wildman–Crippen LogP) is -0.642. The van der Waals surface area contributed by atoms with E-state index in [-0.39, 0.29) is 0 Å². The Morgan fingerprint density at radius 2 is 2.64 bits per heavy atom. The lowest BCUT2D eigenvalue weighted by molar-refractivity contribution is 0.0791. The summed E-state index contributed by atoms with van der Waals surface area (Å²) in [4.78, 5) is 2.04. The number of hydrogen-bond donors (Lipinski definition) is 1. The summed E-state index contributed by atoms with van der Waals surface area (Å²) in [7, 11) is 1.98. The number of hydrogen-bond acceptors (Lipinski definition) is 7. The molecule has 0 spiro atoms. The van der Waals surface area contributed by atoms with Gasteiger partial charge in [0.05, 0.1) is 13.2 Å². The van der Waals surface area contributed by atoms with Gasteiger partial charge in [0, 0.05) is 37.7 Å². The molecule has 1 saturated heterocycles. The summed E-state index contributed by atoms with van der Waals surface area (Å²) in [5.74, 6) is 0. The van der Waals surface area contributed by atoms with Crippen molar-refractivity contribution >= 4 is 16.7 Å². The van der Waals surface area contributed by atoms with Gasteiger partial charge in [-0.3, -0.25) is 0 Å². The lowest BCUT2D eigenvalue weighted by Gasteiger charge is -2.27. The smallest absolute Gasteiger partial charge is 0.227 e. The van der Waals surface area contributed by atoms with E-state index in [9.17, 15) is 0 Å². The minimum Gasteiger partial charge on any atom is -0.378 e. The highest BCUT2D eigenvalue weighted by molar-refractivity contribution is 7.09. The van der Waals surface area contributed by atoms with Crippen LogP contribution in [0.5, 0.6) is 0 Å². The molecule has 14 heavy (non-hydrogen) atoms. The van der Waals surface area contributed by atoms with Crippen LogP contribution in [0.4, 0.5) is 5.13 Å². The van der Waals surface area contributed by atoms with E-state index < -0.39 is 0 Å². The Morgan fingerprint density at radius 3 is 3.29 bits per heavy atom. The highest BCUT2D eigenvalue weighted by atomic mass is 32.1. The quantitative estimate of drug-likeness (QED) is 0.723. The summed E-state index contributed by atoms with van der Waals surface area (Å²) in [6.07, 6.45) is 0. The van der Waals surface area contributed by atoms with Crippen LogP contribution in [0.3, 0.4) is 0 Å². The fraction of sp³-hybridized carbons (Fsp3) is 0.857. The van der Waals surface area contributed by atoms with Crippen molar-refractivity contribution < 1.29 is 4.74 Å². The zero-order chi connectivity index (χ0) is 9.80. The van der Waals surface area contributed by atoms with Crippen molar-refractivity contribution in [1.82, 2.24) is 20.1 Å². The van der Waals surface area contributed by atoms with Crippen LogP contribution < -0.4 is 10.2 Å². The molecule has 1 N–H and O–H groups in total. The average Bonchev–Trinajstić information content (AvgIpc) is 2.72. The molecule has 1 fully saturated rings. The Labute approximate surface area is 86.4 Å². The van der Waals surface area contributed by atoms with Gasteiger partial charge in [0.1, 0.15) is 0 Å². The maximum Gasteiger partial charge on any atom is 0.227 e. The van der Waals surface area contributed by atoms with Gasteiger partial charge >= 0.3 is 0 Å². The van der Waals surface area contributed by atoms with Crippen molar-refractivity contribution in [2.45, 2.75) is 6.04 Å². The van der Waals surface area contributed by atoms with Gasteiger partial charge in [0.2, 0.25) is 5.13 Å². The fourth-order valence-electron chi connectivity index (χ4n) is 1.42. The summed E-state index contributed by atoms with van der Waals surface area (Å²) in [5, 5.41) is 11.7. The minimum absolute atomic E-state index is 0.373. The molecule has 0 aromatic carbocycles. The molecule has 0 aliphatic carbocycles. The van der Waals surface area contributed by atoms with Crippen LogP contribution in [0.15, 0.2) is 0 Å². The zero-order valence-corrected chi connectivity index (χ0v) is 8.83. The largest absolute Gasteiger partial charge is 0.378 e. The summed E-state index contributed by atoms with van der Waals surface area (Å²) in [5.41, 5.74) is 0. The molecule has 0 saturated carbocycles. The molecule has 1 aliphatic heterocycles. The topological polar surface area (TPSA) is 63.2 Å². The lowest BCUT2D eigenvalue weighted by Crippen LogP contribution is -2.47. The molecule has 2 heterocycles. The molecule has 7 heteroatoms. The summed E-state index contributed by atoms with van der Waals surface area (Å²) in [6.45, 7) is 3.36. The van der Waals surface area contributed by atoms with Gasteiger partial charge in [0.15, 0.2) is 0 Å². The Balaban J connectivity index is 1.84. The summed E-state index contributed by atoms with van der Waals surface area (Å²) >= 11 is 1.30. The maximum absolute atomic E-state index is 5.36. The van der Waals surface area contributed by atoms with Crippen LogP contribution in [-0.4, -0.2) is 54.2 Å². The number of aromatic nitrogens is 3. The molecule has 0 radical (unpaired) electrons. The van der Waals surface area contributed by atoms with Crippen molar-refractivity contribution in [2.75, 3.05) is 38.3 Å². The third kappa shape index (κ3) is 2.37. The maximum atomic E-state index is 5.36. The number of anilines is 1. The lowest BCUT2D eigenvalue weighted by atomic mass is 10.2. The molecule has 1 aromatic rings. The predicted molar refractivity (Wildman–Crippen MR) is 53.6 cm³/mol. The van der Waals surface area contributed by atoms with Gasteiger partial charge in [0.25, 0.3) is 0 Å². The number of ether oxygens (including phenoxy) is 1. The van der Waals surface area contributed by atoms with Gasteiger partial charge in [-0.15, -0.1) is 0 Å². The van der Waals surface area contributed by atoms with Crippen LogP contribution >= 0.6 is 11.5 Å². The molecule has 0 amide bonds. The van der Waals surface area contributed by atoms with E-state index >= 15 is 0 Å². The standard InChI is InChI=1S/C7H13N5OS/c1-12(7-9-10-11-14-7)4-6-5-13-3-2-8-6/h6,8H,2-5H2,1H3. The molecule has 1 aromatic heterocycles. The Kier molecular flexibility index (Phi) is 3.22. The van der Waals surface area contributed by atoms with Crippen LogP contribution in [0.25, 0.3) is 0 Å². The van der Waals surface area contributed by atoms with E-state index in [1.165, 1.54) is 11.5 Å². The fourth-order valence-corrected chi connectivity index (χ4v) is 1.85. The molecule has 1 unspecified atom stereocenters. The normalized spacial score (nSPS) is 22.2. The van der Waals surface area contributed by atoms with E-state index in [2.05, 4.69) is 20.1 Å². The second-order valence-corrected chi connectivity index (χ2v) is 3.96. The van der Waals surface area contributed by atoms with E-state index in [1.54, 1.807) is 0 Å². The van der Waals surface area contributed by atoms with Crippen molar-refractivity contribution in [3.05, 3.63) is 0 Å². The molecule has 2 rings (SSSR count). The monoisotopic (exact) mass is 215 g/mol. The van der Waals surface area contributed by atoms with Crippen molar-refractivity contribution in [1.29, 1.82) is 0 Å². The number of morpholine rings is 1. The van der Waals surface area contributed by atoms with Crippen LogP contribution in [0.2, 0.25) is 0 Å². The average molecular weight is 215 g/mol. The third-order valence-electron chi connectivity index (χ3n) is 2.11. The minimum atomic E-state index is 0.373. The van der Waals surface area contributed by atoms with E-state index in [0.717, 1.165) is 31.4 Å². The van der Waals surface area contributed by atoms with E-state index in [1.807, 2.05) is 11.9 Å². The summed E-state index contributed by atoms with van der Waals surface area (Å²) < 4.78 is 9.09. The van der Waals surface area contributed by atoms with Crippen LogP contribution in [0.1, 0.15) is 0 Å². The number of nitrogens with zero attached hydrogens (tertiary/aromatic N) is 4. The van der Waals surface area contributed by atoms with E-state index in [4.69, 9.17) is 4.74 Å². The van der Waals surface area contributed by atoms with Crippen LogP contribution in [-0.2, 0) is 4.74 Å². The molecule has 0 bridgehead atoms. The molecular formula is C7H13N5OS. The Hall–Kier alpha value is -0.790. The van der Waals surface area contributed by atoms with Gasteiger partial charge in [-0.1, -0.05) is 9.59 Å². The number of likely N-dealkylation sites (N-methyl/N-ethyl adjacent to an activating group) is 1. The van der Waals surface area contributed by atoms with Gasteiger partial charge in [-0.25, -0.2) is 0 Å². The first-order chi connectivity index (χ1) is 6.86. The van der Waals surface area contributed by atoms with E-state index in [0.29, 0.717) is 6.04 Å². The molecular weight excluding hydrogens is 202 g/mol. The number of rotatable bonds is 3. The highest BCUT2D eigenvalue weighted by Crippen LogP contribution is 2.11. The van der Waals surface area contributed by atoms with Gasteiger partial charge in [-0.2, -0.15) is 0 Å². The SMILES string of the molecule is CN(CC1COCCN1)c1nnns1. The van der Waals surface area contributed by atoms with Gasteiger partial charge in [-0.05, 0) is 5.21 Å². The molecule has 1 atom stereocenters. The van der Waals surface area contributed by atoms with Crippen molar-refractivity contribution in [3.8, 4) is 0 Å². The van der Waals surface area contributed by atoms with Gasteiger partial charge < -0.3 is 15.0 Å². The molecule has 6 nitrogen and oxygen atoms in total. The molecule has 1 aliphatic rings. The first-order valence-electron chi connectivity index (χ1n) is 4.53. The second-order valence-electron chi connectivity index (χ2n) is 3.25. The Morgan fingerprint density at radius 1 is 1.71 bits per heavy atom. The highest BCUT2D eigenvalue weighted by Gasteiger charge is 2.16. The molecule has 78 valence electrons. The Bertz CT molecular complexity index is 261. The van der Waals surface area contributed by atoms with Crippen molar-refractivity contribution in [2.24, 2.45) is 0 Å². The number of nitrogens with one attached hydrogen (secondary N) is 1. The zero-order valence-electron chi connectivity index (χ0n) is 8.01. The van der Waals surface area contributed by atoms with Crippen LogP contribution in [0, 0.1) is 0 Å². The second kappa shape index (κ2) is 4.63. The third-order valence-corrected chi connectivity index (χ3v) is 2.82. The first-order valence-corrected chi connectivity index (χ1v) is 5.31. The van der Waals surface area contributed by atoms with Crippen molar-refractivity contribution in [3.63, 3.8) is 0 Å². The summed E-state index contributed by atoms with van der Waals surface area (Å²) in [6, 6.07) is 0.373. The first kappa shape index (κ1) is 9.75.